The number of piperidine rings is 1. The third-order valence-electron chi connectivity index (χ3n) is 5.31. The van der Waals surface area contributed by atoms with Gasteiger partial charge in [-0.25, -0.2) is 0 Å². The number of likely N-dealkylation sites (tertiary alicyclic amines) is 1. The molecular weight excluding hydrogens is 286 g/mol. The van der Waals surface area contributed by atoms with E-state index in [0.717, 1.165) is 5.56 Å². The van der Waals surface area contributed by atoms with Crippen molar-refractivity contribution in [1.82, 2.24) is 4.90 Å². The van der Waals surface area contributed by atoms with Crippen LogP contribution in [0.15, 0.2) is 29.8 Å². The second kappa shape index (κ2) is 7.16. The largest absolute Gasteiger partial charge is 0.385 e. The van der Waals surface area contributed by atoms with Crippen LogP contribution in [0.25, 0.3) is 6.08 Å². The number of ether oxygens (including phenoxy) is 1. The van der Waals surface area contributed by atoms with Gasteiger partial charge in [0.05, 0.1) is 5.60 Å². The minimum atomic E-state index is -0.702. The highest BCUT2D eigenvalue weighted by molar-refractivity contribution is 5.54. The Hall–Kier alpha value is -1.16. The lowest BCUT2D eigenvalue weighted by atomic mass is 9.86. The highest BCUT2D eigenvalue weighted by Gasteiger charge is 2.31. The van der Waals surface area contributed by atoms with Crippen molar-refractivity contribution in [3.05, 3.63) is 41.0 Å². The molecule has 1 aromatic carbocycles. The smallest absolute Gasteiger partial charge is 0.0940 e. The number of hydrogen-bond donors (Lipinski definition) is 1. The molecule has 0 atom stereocenters. The van der Waals surface area contributed by atoms with Crippen LogP contribution in [0.2, 0.25) is 0 Å². The van der Waals surface area contributed by atoms with Gasteiger partial charge in [-0.1, -0.05) is 35.9 Å². The molecule has 2 saturated heterocycles. The van der Waals surface area contributed by atoms with Gasteiger partial charge in [0.15, 0.2) is 0 Å². The zero-order valence-corrected chi connectivity index (χ0v) is 14.4. The van der Waals surface area contributed by atoms with Gasteiger partial charge in [0, 0.05) is 45.2 Å². The topological polar surface area (TPSA) is 32.7 Å². The first-order chi connectivity index (χ1) is 11.1. The molecule has 3 rings (SSSR count). The lowest BCUT2D eigenvalue weighted by Gasteiger charge is -2.32. The maximum absolute atomic E-state index is 10.7. The van der Waals surface area contributed by atoms with E-state index in [-0.39, 0.29) is 0 Å². The van der Waals surface area contributed by atoms with Gasteiger partial charge >= 0.3 is 0 Å². The second-order valence-corrected chi connectivity index (χ2v) is 7.20. The van der Waals surface area contributed by atoms with Crippen molar-refractivity contribution in [2.24, 2.45) is 0 Å². The molecule has 0 saturated carbocycles. The highest BCUT2D eigenvalue weighted by atomic mass is 16.5. The Labute approximate surface area is 140 Å². The van der Waals surface area contributed by atoms with Gasteiger partial charge in [0.25, 0.3) is 0 Å². The van der Waals surface area contributed by atoms with Crippen LogP contribution in [0.1, 0.15) is 50.7 Å². The summed E-state index contributed by atoms with van der Waals surface area (Å²) in [7, 11) is 0. The van der Waals surface area contributed by atoms with Crippen molar-refractivity contribution in [2.75, 3.05) is 26.3 Å². The molecule has 3 nitrogen and oxygen atoms in total. The van der Waals surface area contributed by atoms with Crippen LogP contribution in [0.4, 0.5) is 0 Å². The lowest BCUT2D eigenvalue weighted by Crippen LogP contribution is -2.36. The first-order valence-electron chi connectivity index (χ1n) is 8.91. The monoisotopic (exact) mass is 315 g/mol. The standard InChI is InChI=1S/C20H29NO2/c1-16(2)21-11-7-18(8-12-21)15-17-3-5-19(6-4-17)20(22)9-13-23-14-10-20/h3-6,15-16,22H,7-14H2,1-2H3. The van der Waals surface area contributed by atoms with E-state index >= 15 is 0 Å². The molecule has 23 heavy (non-hydrogen) atoms. The van der Waals surface area contributed by atoms with E-state index in [1.165, 1.54) is 31.5 Å². The maximum Gasteiger partial charge on any atom is 0.0940 e. The van der Waals surface area contributed by atoms with Crippen molar-refractivity contribution in [2.45, 2.75) is 51.2 Å². The maximum atomic E-state index is 10.7. The van der Waals surface area contributed by atoms with Crippen LogP contribution in [0.3, 0.4) is 0 Å². The van der Waals surface area contributed by atoms with E-state index in [4.69, 9.17) is 4.74 Å². The first-order valence-corrected chi connectivity index (χ1v) is 8.91. The summed E-state index contributed by atoms with van der Waals surface area (Å²) in [6.45, 7) is 8.18. The molecule has 1 N–H and O–H groups in total. The van der Waals surface area contributed by atoms with E-state index < -0.39 is 5.60 Å². The summed E-state index contributed by atoms with van der Waals surface area (Å²) in [4.78, 5) is 2.54. The fraction of sp³-hybridized carbons (Fsp3) is 0.600. The third kappa shape index (κ3) is 4.03. The molecule has 0 spiro atoms. The van der Waals surface area contributed by atoms with Crippen LogP contribution in [-0.2, 0) is 10.3 Å². The fourth-order valence-corrected chi connectivity index (χ4v) is 3.60. The number of aliphatic hydroxyl groups is 1. The van der Waals surface area contributed by atoms with Gasteiger partial charge < -0.3 is 14.7 Å². The molecule has 126 valence electrons. The summed E-state index contributed by atoms with van der Waals surface area (Å²) >= 11 is 0. The Morgan fingerprint density at radius 2 is 1.70 bits per heavy atom. The van der Waals surface area contributed by atoms with Gasteiger partial charge in [-0.2, -0.15) is 0 Å². The molecule has 0 bridgehead atoms. The average Bonchev–Trinajstić information content (AvgIpc) is 2.56. The molecule has 0 amide bonds. The normalized spacial score (nSPS) is 22.3. The van der Waals surface area contributed by atoms with Crippen molar-refractivity contribution in [3.8, 4) is 0 Å². The molecule has 0 unspecified atom stereocenters. The van der Waals surface area contributed by atoms with Gasteiger partial charge in [0.2, 0.25) is 0 Å². The first kappa shape index (κ1) is 16.7. The number of hydrogen-bond acceptors (Lipinski definition) is 3. The molecule has 0 radical (unpaired) electrons. The summed E-state index contributed by atoms with van der Waals surface area (Å²) in [6, 6.07) is 9.10. The quantitative estimate of drug-likeness (QED) is 0.925. The summed E-state index contributed by atoms with van der Waals surface area (Å²) in [5, 5.41) is 10.7. The summed E-state index contributed by atoms with van der Waals surface area (Å²) in [5.41, 5.74) is 3.11. The van der Waals surface area contributed by atoms with Crippen LogP contribution in [0, 0.1) is 0 Å². The molecule has 2 fully saturated rings. The van der Waals surface area contributed by atoms with Crippen molar-refractivity contribution >= 4 is 6.08 Å². The second-order valence-electron chi connectivity index (χ2n) is 7.20. The van der Waals surface area contributed by atoms with Crippen molar-refractivity contribution < 1.29 is 9.84 Å². The van der Waals surface area contributed by atoms with Gasteiger partial charge in [-0.05, 0) is 37.8 Å². The van der Waals surface area contributed by atoms with E-state index in [1.54, 1.807) is 5.57 Å². The van der Waals surface area contributed by atoms with Crippen LogP contribution in [0.5, 0.6) is 0 Å². The van der Waals surface area contributed by atoms with Gasteiger partial charge in [-0.15, -0.1) is 0 Å². The van der Waals surface area contributed by atoms with Crippen molar-refractivity contribution in [3.63, 3.8) is 0 Å². The molecule has 2 aliphatic heterocycles. The fourth-order valence-electron chi connectivity index (χ4n) is 3.60. The Morgan fingerprint density at radius 1 is 1.09 bits per heavy atom. The number of benzene rings is 1. The molecular formula is C20H29NO2. The number of nitrogens with zero attached hydrogens (tertiary/aromatic N) is 1. The molecule has 1 aromatic rings. The predicted molar refractivity (Wildman–Crippen MR) is 94.3 cm³/mol. The lowest BCUT2D eigenvalue weighted by molar-refractivity contribution is -0.0679. The minimum absolute atomic E-state index is 0.647. The highest BCUT2D eigenvalue weighted by Crippen LogP contribution is 2.32. The summed E-state index contributed by atoms with van der Waals surface area (Å²) < 4.78 is 5.36. The van der Waals surface area contributed by atoms with Gasteiger partial charge in [0.1, 0.15) is 0 Å². The van der Waals surface area contributed by atoms with E-state index in [0.29, 0.717) is 32.1 Å². The Balaban J connectivity index is 1.65. The van der Waals surface area contributed by atoms with E-state index in [2.05, 4.69) is 49.1 Å². The van der Waals surface area contributed by atoms with E-state index in [9.17, 15) is 5.11 Å². The zero-order chi connectivity index (χ0) is 16.3. The third-order valence-corrected chi connectivity index (χ3v) is 5.31. The summed E-state index contributed by atoms with van der Waals surface area (Å²) in [6.07, 6.45) is 6.05. The Kier molecular flexibility index (Phi) is 5.20. The molecule has 2 heterocycles. The van der Waals surface area contributed by atoms with Gasteiger partial charge in [-0.3, -0.25) is 0 Å². The Morgan fingerprint density at radius 3 is 2.26 bits per heavy atom. The minimum Gasteiger partial charge on any atom is -0.385 e. The predicted octanol–water partition coefficient (Wildman–Crippen LogP) is 3.57. The molecule has 0 aromatic heterocycles. The SMILES string of the molecule is CC(C)N1CCC(=Cc2ccc(C3(O)CCOCC3)cc2)CC1. The zero-order valence-electron chi connectivity index (χ0n) is 14.4. The Bertz CT molecular complexity index is 531. The molecule has 0 aliphatic carbocycles. The van der Waals surface area contributed by atoms with Crippen LogP contribution < -0.4 is 0 Å². The van der Waals surface area contributed by atoms with E-state index in [1.807, 2.05) is 0 Å². The molecule has 2 aliphatic rings. The van der Waals surface area contributed by atoms with Crippen LogP contribution >= 0.6 is 0 Å². The number of rotatable bonds is 3. The average molecular weight is 315 g/mol. The van der Waals surface area contributed by atoms with Crippen molar-refractivity contribution in [1.29, 1.82) is 0 Å². The van der Waals surface area contributed by atoms with Crippen LogP contribution in [-0.4, -0.2) is 42.4 Å². The molecule has 3 heteroatoms. The summed E-state index contributed by atoms with van der Waals surface area (Å²) in [5.74, 6) is 0.